The second kappa shape index (κ2) is 2.37. The van der Waals surface area contributed by atoms with Crippen LogP contribution in [0.4, 0.5) is 9.59 Å². The lowest BCUT2D eigenvalue weighted by Crippen LogP contribution is -2.35. The topological polar surface area (TPSA) is 62.1 Å². The first-order valence-corrected chi connectivity index (χ1v) is 3.43. The van der Waals surface area contributed by atoms with Crippen molar-refractivity contribution in [2.45, 2.75) is 6.04 Å². The standard InChI is InChI=1S/C7H5N3O2/c11-6-8-9-7(12)10(6)5-3-1-2-4-5/h1-5H. The van der Waals surface area contributed by atoms with E-state index in [9.17, 15) is 9.59 Å². The summed E-state index contributed by atoms with van der Waals surface area (Å²) >= 11 is 0. The molecular formula is C7H5N3O2. The van der Waals surface area contributed by atoms with Crippen LogP contribution in [0.15, 0.2) is 34.5 Å². The number of azo groups is 1. The van der Waals surface area contributed by atoms with Crippen molar-refractivity contribution in [2.75, 3.05) is 0 Å². The minimum absolute atomic E-state index is 0.306. The van der Waals surface area contributed by atoms with E-state index in [4.69, 9.17) is 0 Å². The van der Waals surface area contributed by atoms with Crippen molar-refractivity contribution in [3.8, 4) is 0 Å². The smallest absolute Gasteiger partial charge is 0.244 e. The second-order valence-electron chi connectivity index (χ2n) is 2.40. The van der Waals surface area contributed by atoms with Gasteiger partial charge in [0.05, 0.1) is 6.04 Å². The van der Waals surface area contributed by atoms with Gasteiger partial charge >= 0.3 is 12.1 Å². The molecule has 0 aromatic rings. The van der Waals surface area contributed by atoms with Crippen molar-refractivity contribution in [3.63, 3.8) is 0 Å². The van der Waals surface area contributed by atoms with E-state index in [0.717, 1.165) is 4.90 Å². The van der Waals surface area contributed by atoms with Gasteiger partial charge in [-0.15, -0.1) is 0 Å². The molecule has 60 valence electrons. The Kier molecular flexibility index (Phi) is 1.36. The number of allylic oxidation sites excluding steroid dienone is 2. The highest BCUT2D eigenvalue weighted by Crippen LogP contribution is 2.16. The fourth-order valence-electron chi connectivity index (χ4n) is 1.11. The molecule has 2 aliphatic rings. The van der Waals surface area contributed by atoms with E-state index < -0.39 is 12.1 Å². The van der Waals surface area contributed by atoms with Crippen molar-refractivity contribution < 1.29 is 9.59 Å². The van der Waals surface area contributed by atoms with Gasteiger partial charge in [0.15, 0.2) is 0 Å². The highest BCUT2D eigenvalue weighted by molar-refractivity contribution is 5.99. The quantitative estimate of drug-likeness (QED) is 0.587. The normalized spacial score (nSPS) is 21.8. The minimum Gasteiger partial charge on any atom is -0.244 e. The Labute approximate surface area is 68.1 Å². The third-order valence-electron chi connectivity index (χ3n) is 1.66. The molecule has 5 heteroatoms. The molecule has 1 aliphatic carbocycles. The lowest BCUT2D eigenvalue weighted by Gasteiger charge is -2.14. The number of carbonyl (C=O) groups excluding carboxylic acids is 2. The average Bonchev–Trinajstić information content (AvgIpc) is 2.61. The first-order chi connectivity index (χ1) is 5.79. The van der Waals surface area contributed by atoms with Crippen LogP contribution >= 0.6 is 0 Å². The molecule has 0 aromatic heterocycles. The molecule has 1 heterocycles. The minimum atomic E-state index is -0.596. The van der Waals surface area contributed by atoms with Crippen LogP contribution in [0.2, 0.25) is 0 Å². The summed E-state index contributed by atoms with van der Waals surface area (Å²) in [6.07, 6.45) is 6.99. The molecule has 0 fully saturated rings. The molecule has 12 heavy (non-hydrogen) atoms. The van der Waals surface area contributed by atoms with Crippen LogP contribution in [0.25, 0.3) is 0 Å². The summed E-state index contributed by atoms with van der Waals surface area (Å²) in [4.78, 5) is 22.9. The van der Waals surface area contributed by atoms with Gasteiger partial charge in [-0.3, -0.25) is 0 Å². The van der Waals surface area contributed by atoms with Gasteiger partial charge in [-0.25, -0.2) is 14.5 Å². The maximum atomic E-state index is 10.9. The van der Waals surface area contributed by atoms with E-state index in [2.05, 4.69) is 10.2 Å². The SMILES string of the molecule is O=C1N=NC(=O)N1C1C=CC=C1. The lowest BCUT2D eigenvalue weighted by atomic mass is 10.3. The van der Waals surface area contributed by atoms with Gasteiger partial charge in [0.2, 0.25) is 0 Å². The third kappa shape index (κ3) is 0.868. The van der Waals surface area contributed by atoms with Crippen molar-refractivity contribution >= 4 is 12.1 Å². The number of hydrogen-bond donors (Lipinski definition) is 0. The predicted molar refractivity (Wildman–Crippen MR) is 39.6 cm³/mol. The molecule has 0 bridgehead atoms. The fraction of sp³-hybridized carbons (Fsp3) is 0.143. The summed E-state index contributed by atoms with van der Waals surface area (Å²) in [5.41, 5.74) is 0. The van der Waals surface area contributed by atoms with Crippen LogP contribution in [0, 0.1) is 0 Å². The van der Waals surface area contributed by atoms with E-state index in [1.54, 1.807) is 24.3 Å². The Bertz CT molecular complexity index is 300. The first kappa shape index (κ1) is 6.90. The molecule has 0 N–H and O–H groups in total. The number of carbonyl (C=O) groups is 2. The summed E-state index contributed by atoms with van der Waals surface area (Å²) in [6, 6.07) is -1.50. The fourth-order valence-corrected chi connectivity index (χ4v) is 1.11. The Hall–Kier alpha value is -1.78. The van der Waals surface area contributed by atoms with Gasteiger partial charge < -0.3 is 0 Å². The zero-order chi connectivity index (χ0) is 8.55. The molecule has 5 nitrogen and oxygen atoms in total. The summed E-state index contributed by atoms with van der Waals surface area (Å²) in [5.74, 6) is 0. The summed E-state index contributed by atoms with van der Waals surface area (Å²) < 4.78 is 0. The van der Waals surface area contributed by atoms with E-state index in [0.29, 0.717) is 0 Å². The number of rotatable bonds is 1. The van der Waals surface area contributed by atoms with Crippen LogP contribution in [-0.4, -0.2) is 23.0 Å². The van der Waals surface area contributed by atoms with Gasteiger partial charge in [0, 0.05) is 0 Å². The van der Waals surface area contributed by atoms with Gasteiger partial charge in [0.1, 0.15) is 0 Å². The van der Waals surface area contributed by atoms with Crippen molar-refractivity contribution in [1.82, 2.24) is 4.90 Å². The van der Waals surface area contributed by atoms with Crippen LogP contribution in [0.1, 0.15) is 0 Å². The van der Waals surface area contributed by atoms with Crippen LogP contribution in [0.3, 0.4) is 0 Å². The lowest BCUT2D eigenvalue weighted by molar-refractivity contribution is 0.203. The molecule has 0 radical (unpaired) electrons. The molecule has 0 spiro atoms. The Morgan fingerprint density at radius 2 is 1.58 bits per heavy atom. The maximum Gasteiger partial charge on any atom is 0.371 e. The zero-order valence-electron chi connectivity index (χ0n) is 6.04. The highest BCUT2D eigenvalue weighted by Gasteiger charge is 2.32. The Balaban J connectivity index is 2.24. The monoisotopic (exact) mass is 163 g/mol. The van der Waals surface area contributed by atoms with E-state index in [-0.39, 0.29) is 6.04 Å². The van der Waals surface area contributed by atoms with Crippen molar-refractivity contribution in [2.24, 2.45) is 10.2 Å². The van der Waals surface area contributed by atoms with Gasteiger partial charge in [-0.1, -0.05) is 34.5 Å². The molecule has 2 rings (SSSR count). The zero-order valence-corrected chi connectivity index (χ0v) is 6.04. The Morgan fingerprint density at radius 1 is 1.08 bits per heavy atom. The third-order valence-corrected chi connectivity index (χ3v) is 1.66. The second-order valence-corrected chi connectivity index (χ2v) is 2.40. The Morgan fingerprint density at radius 3 is 2.08 bits per heavy atom. The summed E-state index contributed by atoms with van der Waals surface area (Å²) in [5, 5.41) is 6.28. The molecule has 0 atom stereocenters. The number of nitrogens with zero attached hydrogens (tertiary/aromatic N) is 3. The van der Waals surface area contributed by atoms with Crippen LogP contribution < -0.4 is 0 Å². The number of hydrogen-bond acceptors (Lipinski definition) is 2. The average molecular weight is 163 g/mol. The summed E-state index contributed by atoms with van der Waals surface area (Å²) in [7, 11) is 0. The van der Waals surface area contributed by atoms with Crippen LogP contribution in [0.5, 0.6) is 0 Å². The van der Waals surface area contributed by atoms with Gasteiger partial charge in [0.25, 0.3) is 0 Å². The predicted octanol–water partition coefficient (Wildman–Crippen LogP) is 1.49. The molecule has 0 saturated carbocycles. The molecule has 0 aromatic carbocycles. The highest BCUT2D eigenvalue weighted by atomic mass is 16.2. The molecule has 1 aliphatic heterocycles. The van der Waals surface area contributed by atoms with E-state index >= 15 is 0 Å². The van der Waals surface area contributed by atoms with E-state index in [1.807, 2.05) is 0 Å². The first-order valence-electron chi connectivity index (χ1n) is 3.43. The summed E-state index contributed by atoms with van der Waals surface area (Å²) in [6.45, 7) is 0. The molecule has 4 amide bonds. The van der Waals surface area contributed by atoms with Crippen molar-refractivity contribution in [3.05, 3.63) is 24.3 Å². The molecular weight excluding hydrogens is 158 g/mol. The number of imide groups is 1. The van der Waals surface area contributed by atoms with Gasteiger partial charge in [-0.05, 0) is 0 Å². The van der Waals surface area contributed by atoms with Crippen LogP contribution in [-0.2, 0) is 0 Å². The number of urea groups is 2. The number of amides is 4. The van der Waals surface area contributed by atoms with Gasteiger partial charge in [-0.2, -0.15) is 0 Å². The largest absolute Gasteiger partial charge is 0.371 e. The van der Waals surface area contributed by atoms with E-state index in [1.165, 1.54) is 0 Å². The van der Waals surface area contributed by atoms with Crippen molar-refractivity contribution in [1.29, 1.82) is 0 Å². The molecule has 0 saturated heterocycles. The molecule has 0 unspecified atom stereocenters. The maximum absolute atomic E-state index is 10.9.